The van der Waals surface area contributed by atoms with Crippen molar-refractivity contribution in [2.45, 2.75) is 90.1 Å². The van der Waals surface area contributed by atoms with Gasteiger partial charge in [0, 0.05) is 6.54 Å². The zero-order valence-corrected chi connectivity index (χ0v) is 23.7. The quantitative estimate of drug-likeness (QED) is 0.125. The SMILES string of the molecule is CCCCCCCCCCOc1cc(I)c(OCCCCCCNC(=O)C(F)(F)F)cc1I. The average molecular weight is 697 g/mol. The fourth-order valence-electron chi connectivity index (χ4n) is 3.21. The molecule has 0 unspecified atom stereocenters. The number of hydrogen-bond donors (Lipinski definition) is 1. The van der Waals surface area contributed by atoms with Gasteiger partial charge in [-0.3, -0.25) is 4.79 Å². The number of unbranched alkanes of at least 4 members (excludes halogenated alkanes) is 10. The zero-order valence-electron chi connectivity index (χ0n) is 19.4. The van der Waals surface area contributed by atoms with E-state index in [1.807, 2.05) is 17.4 Å². The highest BCUT2D eigenvalue weighted by atomic mass is 127. The molecule has 0 radical (unpaired) electrons. The van der Waals surface area contributed by atoms with E-state index >= 15 is 0 Å². The van der Waals surface area contributed by atoms with Crippen LogP contribution in [-0.2, 0) is 4.79 Å². The predicted octanol–water partition coefficient (Wildman–Crippen LogP) is 8.03. The van der Waals surface area contributed by atoms with E-state index in [9.17, 15) is 18.0 Å². The molecule has 0 bridgehead atoms. The Hall–Kier alpha value is -0.460. The highest BCUT2D eigenvalue weighted by Crippen LogP contribution is 2.31. The number of rotatable bonds is 18. The van der Waals surface area contributed by atoms with Crippen molar-refractivity contribution >= 4 is 51.1 Å². The minimum Gasteiger partial charge on any atom is -0.492 e. The van der Waals surface area contributed by atoms with Crippen molar-refractivity contribution in [3.63, 3.8) is 0 Å². The summed E-state index contributed by atoms with van der Waals surface area (Å²) >= 11 is 4.51. The maximum atomic E-state index is 12.1. The number of nitrogens with one attached hydrogen (secondary N) is 1. The lowest BCUT2D eigenvalue weighted by molar-refractivity contribution is -0.173. The molecule has 0 heterocycles. The minimum absolute atomic E-state index is 0.0374. The average Bonchev–Trinajstić information content (AvgIpc) is 2.76. The minimum atomic E-state index is -4.81. The molecule has 1 rings (SSSR count). The second kappa shape index (κ2) is 17.9. The second-order valence-corrected chi connectivity index (χ2v) is 10.4. The van der Waals surface area contributed by atoms with Crippen molar-refractivity contribution in [1.29, 1.82) is 0 Å². The van der Waals surface area contributed by atoms with Crippen molar-refractivity contribution < 1.29 is 27.4 Å². The third-order valence-corrected chi connectivity index (χ3v) is 6.80. The summed E-state index contributed by atoms with van der Waals surface area (Å²) in [7, 11) is 0. The Morgan fingerprint density at radius 3 is 1.67 bits per heavy atom. The number of benzene rings is 1. The standard InChI is InChI=1S/C24H36F3I2NO3/c1-2-3-4-5-6-7-9-12-15-32-21-17-20(29)22(18-19(21)28)33-16-13-10-8-11-14-30-23(31)24(25,26)27/h17-18H,2-16H2,1H3,(H,30,31). The Balaban J connectivity index is 2.17. The van der Waals surface area contributed by atoms with Crippen LogP contribution in [0.1, 0.15) is 84.0 Å². The molecule has 0 aliphatic heterocycles. The van der Waals surface area contributed by atoms with E-state index in [1.54, 1.807) is 0 Å². The molecule has 0 aliphatic carbocycles. The number of alkyl halides is 3. The normalized spacial score (nSPS) is 11.5. The van der Waals surface area contributed by atoms with Gasteiger partial charge in [-0.25, -0.2) is 0 Å². The number of hydrogen-bond acceptors (Lipinski definition) is 3. The molecule has 0 aromatic heterocycles. The maximum Gasteiger partial charge on any atom is 0.471 e. The highest BCUT2D eigenvalue weighted by molar-refractivity contribution is 14.1. The zero-order chi connectivity index (χ0) is 24.5. The lowest BCUT2D eigenvalue weighted by Crippen LogP contribution is -2.37. The molecule has 0 atom stereocenters. The number of halogens is 5. The van der Waals surface area contributed by atoms with Crippen LogP contribution in [0.5, 0.6) is 11.5 Å². The van der Waals surface area contributed by atoms with Gasteiger partial charge < -0.3 is 14.8 Å². The highest BCUT2D eigenvalue weighted by Gasteiger charge is 2.38. The molecule has 1 aromatic rings. The third kappa shape index (κ3) is 14.5. The van der Waals surface area contributed by atoms with Gasteiger partial charge in [-0.15, -0.1) is 0 Å². The van der Waals surface area contributed by atoms with Crippen molar-refractivity contribution in [3.8, 4) is 11.5 Å². The fraction of sp³-hybridized carbons (Fsp3) is 0.708. The number of ether oxygens (including phenoxy) is 2. The van der Waals surface area contributed by atoms with Crippen LogP contribution in [0, 0.1) is 7.14 Å². The van der Waals surface area contributed by atoms with E-state index in [1.165, 1.54) is 44.9 Å². The van der Waals surface area contributed by atoms with Crippen molar-refractivity contribution in [3.05, 3.63) is 19.3 Å². The van der Waals surface area contributed by atoms with Crippen LogP contribution in [0.4, 0.5) is 13.2 Å². The van der Waals surface area contributed by atoms with E-state index in [2.05, 4.69) is 52.1 Å². The van der Waals surface area contributed by atoms with Crippen LogP contribution in [0.15, 0.2) is 12.1 Å². The molecule has 0 aliphatic rings. The molecule has 1 aromatic carbocycles. The first kappa shape index (κ1) is 30.6. The van der Waals surface area contributed by atoms with Gasteiger partial charge in [0.15, 0.2) is 0 Å². The lowest BCUT2D eigenvalue weighted by Gasteiger charge is -2.13. The van der Waals surface area contributed by atoms with Crippen LogP contribution < -0.4 is 14.8 Å². The van der Waals surface area contributed by atoms with Crippen LogP contribution in [0.2, 0.25) is 0 Å². The monoisotopic (exact) mass is 697 g/mol. The van der Waals surface area contributed by atoms with Gasteiger partial charge in [-0.1, -0.05) is 64.7 Å². The van der Waals surface area contributed by atoms with E-state index in [0.717, 1.165) is 50.9 Å². The Morgan fingerprint density at radius 2 is 1.21 bits per heavy atom. The van der Waals surface area contributed by atoms with Gasteiger partial charge in [-0.05, 0) is 76.6 Å². The molecule has 1 N–H and O–H groups in total. The molecular weight excluding hydrogens is 661 g/mol. The molecule has 4 nitrogen and oxygen atoms in total. The smallest absolute Gasteiger partial charge is 0.471 e. The summed E-state index contributed by atoms with van der Waals surface area (Å²) in [6.07, 6.45) is 8.26. The molecule has 0 fully saturated rings. The summed E-state index contributed by atoms with van der Waals surface area (Å²) in [6, 6.07) is 3.99. The molecule has 1 amide bonds. The lowest BCUT2D eigenvalue weighted by atomic mass is 10.1. The Bertz CT molecular complexity index is 688. The Labute approximate surface area is 223 Å². The van der Waals surface area contributed by atoms with Crippen molar-refractivity contribution in [2.75, 3.05) is 19.8 Å². The van der Waals surface area contributed by atoms with Gasteiger partial charge >= 0.3 is 12.1 Å². The Kier molecular flexibility index (Phi) is 16.6. The summed E-state index contributed by atoms with van der Waals surface area (Å²) in [4.78, 5) is 10.7. The van der Waals surface area contributed by atoms with Gasteiger partial charge in [0.2, 0.25) is 0 Å². The first-order valence-corrected chi connectivity index (χ1v) is 14.0. The van der Waals surface area contributed by atoms with E-state index in [0.29, 0.717) is 13.0 Å². The molecule has 0 spiro atoms. The van der Waals surface area contributed by atoms with Crippen LogP contribution in [0.3, 0.4) is 0 Å². The number of carbonyl (C=O) groups is 1. The van der Waals surface area contributed by atoms with E-state index in [-0.39, 0.29) is 6.54 Å². The topological polar surface area (TPSA) is 47.6 Å². The van der Waals surface area contributed by atoms with Crippen LogP contribution >= 0.6 is 45.2 Å². The van der Waals surface area contributed by atoms with Gasteiger partial charge in [0.05, 0.1) is 20.4 Å². The second-order valence-electron chi connectivity index (χ2n) is 8.05. The number of carbonyl (C=O) groups excluding carboxylic acids is 1. The molecular formula is C24H36F3I2NO3. The molecule has 0 saturated heterocycles. The first-order chi connectivity index (χ1) is 15.8. The maximum absolute atomic E-state index is 12.1. The summed E-state index contributed by atoms with van der Waals surface area (Å²) in [5, 5.41) is 1.88. The predicted molar refractivity (Wildman–Crippen MR) is 143 cm³/mol. The van der Waals surface area contributed by atoms with E-state index < -0.39 is 12.1 Å². The van der Waals surface area contributed by atoms with Gasteiger partial charge in [0.1, 0.15) is 11.5 Å². The summed E-state index contributed by atoms with van der Waals surface area (Å²) in [5.74, 6) is -0.173. The van der Waals surface area contributed by atoms with Gasteiger partial charge in [-0.2, -0.15) is 13.2 Å². The first-order valence-electron chi connectivity index (χ1n) is 11.8. The number of amides is 1. The van der Waals surface area contributed by atoms with Crippen molar-refractivity contribution in [1.82, 2.24) is 5.32 Å². The summed E-state index contributed by atoms with van der Waals surface area (Å²) < 4.78 is 50.1. The largest absolute Gasteiger partial charge is 0.492 e. The van der Waals surface area contributed by atoms with Gasteiger partial charge in [0.25, 0.3) is 0 Å². The molecule has 0 saturated carbocycles. The third-order valence-electron chi connectivity index (χ3n) is 5.11. The van der Waals surface area contributed by atoms with Crippen LogP contribution in [-0.4, -0.2) is 31.8 Å². The fourth-order valence-corrected chi connectivity index (χ4v) is 4.40. The summed E-state index contributed by atoms with van der Waals surface area (Å²) in [6.45, 7) is 3.54. The summed E-state index contributed by atoms with van der Waals surface area (Å²) in [5.41, 5.74) is 0. The molecule has 9 heteroatoms. The molecule has 33 heavy (non-hydrogen) atoms. The van der Waals surface area contributed by atoms with E-state index in [4.69, 9.17) is 9.47 Å². The Morgan fingerprint density at radius 1 is 0.788 bits per heavy atom. The van der Waals surface area contributed by atoms with Crippen molar-refractivity contribution in [2.24, 2.45) is 0 Å². The van der Waals surface area contributed by atoms with Crippen LogP contribution in [0.25, 0.3) is 0 Å². The molecule has 190 valence electrons.